The van der Waals surface area contributed by atoms with Crippen LogP contribution >= 0.6 is 0 Å². The van der Waals surface area contributed by atoms with Gasteiger partial charge in [0.1, 0.15) is 13.2 Å². The Labute approximate surface area is 140 Å². The highest BCUT2D eigenvalue weighted by molar-refractivity contribution is 5.92. The summed E-state index contributed by atoms with van der Waals surface area (Å²) in [5.74, 6) is 0.0221. The summed E-state index contributed by atoms with van der Waals surface area (Å²) in [6.45, 7) is 0.620. The van der Waals surface area contributed by atoms with Crippen molar-refractivity contribution >= 4 is 11.9 Å². The lowest BCUT2D eigenvalue weighted by atomic mass is 10.2. The molecule has 1 aliphatic rings. The van der Waals surface area contributed by atoms with Crippen LogP contribution in [0.2, 0.25) is 0 Å². The molecule has 0 spiro atoms. The van der Waals surface area contributed by atoms with Gasteiger partial charge in [-0.15, -0.1) is 0 Å². The molecule has 0 saturated carbocycles. The van der Waals surface area contributed by atoms with E-state index in [-0.39, 0.29) is 6.61 Å². The molecule has 0 aromatic heterocycles. The first-order valence-corrected chi connectivity index (χ1v) is 7.77. The summed E-state index contributed by atoms with van der Waals surface area (Å²) in [6, 6.07) is 19.3. The molecule has 124 valence electrons. The fourth-order valence-electron chi connectivity index (χ4n) is 2.30. The third-order valence-electron chi connectivity index (χ3n) is 3.64. The summed E-state index contributed by atoms with van der Waals surface area (Å²) in [7, 11) is 1.62. The zero-order chi connectivity index (χ0) is 16.8. The summed E-state index contributed by atoms with van der Waals surface area (Å²) in [4.78, 5) is 16.1. The molecule has 0 aliphatic carbocycles. The van der Waals surface area contributed by atoms with Crippen molar-refractivity contribution in [1.82, 2.24) is 0 Å². The number of hydrogen-bond donors (Lipinski definition) is 0. The molecule has 24 heavy (non-hydrogen) atoms. The molecule has 0 bridgehead atoms. The van der Waals surface area contributed by atoms with Gasteiger partial charge in [0.25, 0.3) is 0 Å². The first kappa shape index (κ1) is 16.2. The zero-order valence-electron chi connectivity index (χ0n) is 13.4. The van der Waals surface area contributed by atoms with E-state index in [1.54, 1.807) is 7.05 Å². The Kier molecular flexibility index (Phi) is 5.23. The summed E-state index contributed by atoms with van der Waals surface area (Å²) in [5, 5.41) is 0. The van der Waals surface area contributed by atoms with E-state index in [0.29, 0.717) is 12.5 Å². The van der Waals surface area contributed by atoms with Gasteiger partial charge in [-0.1, -0.05) is 60.7 Å². The molecule has 0 amide bonds. The molecule has 2 unspecified atom stereocenters. The lowest BCUT2D eigenvalue weighted by molar-refractivity contribution is -0.146. The topological polar surface area (TPSA) is 60.4 Å². The van der Waals surface area contributed by atoms with Crippen LogP contribution in [0.5, 0.6) is 0 Å². The first-order chi connectivity index (χ1) is 11.8. The molecular weight excluding hydrogens is 306 g/mol. The third kappa shape index (κ3) is 4.20. The average Bonchev–Trinajstić information content (AvgIpc) is 3.43. The Morgan fingerprint density at radius 2 is 1.46 bits per heavy atom. The highest BCUT2D eigenvalue weighted by atomic mass is 16.7. The van der Waals surface area contributed by atoms with E-state index in [9.17, 15) is 4.79 Å². The van der Waals surface area contributed by atoms with Crippen molar-refractivity contribution in [3.05, 3.63) is 71.8 Å². The summed E-state index contributed by atoms with van der Waals surface area (Å²) >= 11 is 0. The van der Waals surface area contributed by atoms with Gasteiger partial charge in [0.15, 0.2) is 12.2 Å². The highest BCUT2D eigenvalue weighted by Gasteiger charge is 2.51. The molecule has 1 aliphatic heterocycles. The van der Waals surface area contributed by atoms with Crippen molar-refractivity contribution < 1.29 is 19.0 Å². The van der Waals surface area contributed by atoms with Crippen molar-refractivity contribution in [2.24, 2.45) is 4.99 Å². The van der Waals surface area contributed by atoms with E-state index in [1.165, 1.54) is 0 Å². The van der Waals surface area contributed by atoms with Crippen LogP contribution in [0, 0.1) is 0 Å². The first-order valence-electron chi connectivity index (χ1n) is 7.77. The molecule has 2 atom stereocenters. The summed E-state index contributed by atoms with van der Waals surface area (Å²) in [6.07, 6.45) is -1.09. The minimum absolute atomic E-state index is 0.232. The lowest BCUT2D eigenvalue weighted by Gasteiger charge is -2.07. The minimum Gasteiger partial charge on any atom is -0.474 e. The largest absolute Gasteiger partial charge is 0.474 e. The Hall–Kier alpha value is -2.66. The minimum atomic E-state index is -0.636. The fraction of sp³-hybridized carbons (Fsp3) is 0.263. The van der Waals surface area contributed by atoms with E-state index < -0.39 is 18.2 Å². The van der Waals surface area contributed by atoms with Crippen molar-refractivity contribution in [1.29, 1.82) is 0 Å². The lowest BCUT2D eigenvalue weighted by Crippen LogP contribution is -2.20. The quantitative estimate of drug-likeness (QED) is 0.355. The number of carbonyl (C=O) groups excluding carboxylic acids is 1. The number of esters is 1. The molecule has 1 heterocycles. The van der Waals surface area contributed by atoms with Crippen molar-refractivity contribution in [2.75, 3.05) is 7.05 Å². The molecule has 3 rings (SSSR count). The molecule has 0 N–H and O–H groups in total. The van der Waals surface area contributed by atoms with Crippen molar-refractivity contribution in [3.63, 3.8) is 0 Å². The van der Waals surface area contributed by atoms with Crippen LogP contribution in [0.3, 0.4) is 0 Å². The maximum Gasteiger partial charge on any atom is 0.338 e. The molecular formula is C19H19NO4. The Bertz CT molecular complexity index is 700. The van der Waals surface area contributed by atoms with Crippen LogP contribution in [-0.2, 0) is 32.2 Å². The number of hydrogen-bond acceptors (Lipinski definition) is 5. The van der Waals surface area contributed by atoms with E-state index in [4.69, 9.17) is 14.2 Å². The Balaban J connectivity index is 1.47. The normalized spacial score (nSPS) is 19.6. The predicted octanol–water partition coefficient (Wildman–Crippen LogP) is 2.74. The number of aliphatic imine (C=N–C) groups is 1. The summed E-state index contributed by atoms with van der Waals surface area (Å²) in [5.41, 5.74) is 1.97. The number of carbonyl (C=O) groups is 1. The SMILES string of the molecule is CN=C(OCc1ccccc1)C1OC1C(=O)OCc1ccccc1. The van der Waals surface area contributed by atoms with E-state index >= 15 is 0 Å². The Morgan fingerprint density at radius 1 is 0.917 bits per heavy atom. The van der Waals surface area contributed by atoms with Gasteiger partial charge in [0.2, 0.25) is 5.90 Å². The molecule has 5 heteroatoms. The molecule has 1 saturated heterocycles. The van der Waals surface area contributed by atoms with Gasteiger partial charge >= 0.3 is 5.97 Å². The van der Waals surface area contributed by atoms with E-state index in [0.717, 1.165) is 11.1 Å². The van der Waals surface area contributed by atoms with E-state index in [2.05, 4.69) is 4.99 Å². The van der Waals surface area contributed by atoms with Gasteiger partial charge in [0, 0.05) is 7.05 Å². The monoisotopic (exact) mass is 325 g/mol. The number of epoxide rings is 1. The van der Waals surface area contributed by atoms with Gasteiger partial charge in [-0.2, -0.15) is 0 Å². The Morgan fingerprint density at radius 3 is 2.00 bits per heavy atom. The smallest absolute Gasteiger partial charge is 0.338 e. The fourth-order valence-corrected chi connectivity index (χ4v) is 2.30. The third-order valence-corrected chi connectivity index (χ3v) is 3.64. The van der Waals surface area contributed by atoms with E-state index in [1.807, 2.05) is 60.7 Å². The highest BCUT2D eigenvalue weighted by Crippen LogP contribution is 2.26. The average molecular weight is 325 g/mol. The number of nitrogens with zero attached hydrogens (tertiary/aromatic N) is 1. The van der Waals surface area contributed by atoms with Crippen molar-refractivity contribution in [3.8, 4) is 0 Å². The second kappa shape index (κ2) is 7.75. The second-order valence-corrected chi connectivity index (χ2v) is 5.41. The van der Waals surface area contributed by atoms with Gasteiger partial charge in [-0.3, -0.25) is 4.99 Å². The molecule has 0 radical (unpaired) electrons. The van der Waals surface area contributed by atoms with Gasteiger partial charge in [-0.25, -0.2) is 4.79 Å². The van der Waals surface area contributed by atoms with Crippen LogP contribution in [0.15, 0.2) is 65.7 Å². The maximum atomic E-state index is 12.0. The van der Waals surface area contributed by atoms with Crippen LogP contribution in [0.1, 0.15) is 11.1 Å². The van der Waals surface area contributed by atoms with Crippen LogP contribution in [-0.4, -0.2) is 31.1 Å². The van der Waals surface area contributed by atoms with Crippen LogP contribution in [0.4, 0.5) is 0 Å². The predicted molar refractivity (Wildman–Crippen MR) is 89.5 cm³/mol. The number of rotatable bonds is 6. The maximum absolute atomic E-state index is 12.0. The van der Waals surface area contributed by atoms with Gasteiger partial charge < -0.3 is 14.2 Å². The number of benzene rings is 2. The second-order valence-electron chi connectivity index (χ2n) is 5.41. The van der Waals surface area contributed by atoms with Gasteiger partial charge in [0.05, 0.1) is 0 Å². The molecule has 5 nitrogen and oxygen atoms in total. The van der Waals surface area contributed by atoms with Crippen LogP contribution in [0.25, 0.3) is 0 Å². The zero-order valence-corrected chi connectivity index (χ0v) is 13.4. The standard InChI is InChI=1S/C19H19NO4/c1-20-18(22-12-14-8-4-2-5-9-14)16-17(24-16)19(21)23-13-15-10-6-3-7-11-15/h2-11,16-17H,12-13H2,1H3. The van der Waals surface area contributed by atoms with Crippen molar-refractivity contribution in [2.45, 2.75) is 25.4 Å². The number of ether oxygens (including phenoxy) is 3. The molecule has 2 aromatic rings. The van der Waals surface area contributed by atoms with Crippen LogP contribution < -0.4 is 0 Å². The summed E-state index contributed by atoms with van der Waals surface area (Å²) < 4.78 is 16.3. The van der Waals surface area contributed by atoms with Gasteiger partial charge in [-0.05, 0) is 11.1 Å². The molecule has 2 aromatic carbocycles. The molecule has 1 fully saturated rings.